The van der Waals surface area contributed by atoms with Crippen molar-refractivity contribution in [3.05, 3.63) is 29.3 Å². The van der Waals surface area contributed by atoms with Crippen molar-refractivity contribution in [1.82, 2.24) is 0 Å². The zero-order valence-electron chi connectivity index (χ0n) is 10.8. The first kappa shape index (κ1) is 14.5. The van der Waals surface area contributed by atoms with Crippen LogP contribution in [0, 0.1) is 17.2 Å². The number of nitriles is 1. The van der Waals surface area contributed by atoms with E-state index in [0.717, 1.165) is 0 Å². The summed E-state index contributed by atoms with van der Waals surface area (Å²) in [5, 5.41) is 8.84. The number of rotatable bonds is 5. The Bertz CT molecular complexity index is 556. The predicted octanol–water partition coefficient (Wildman–Crippen LogP) is 2.14. The number of nitrogens with zero attached hydrogens (tertiary/aromatic N) is 1. The smallest absolute Gasteiger partial charge is 0.154 e. The van der Waals surface area contributed by atoms with Crippen LogP contribution in [0.4, 0.5) is 0 Å². The minimum absolute atomic E-state index is 0.0206. The van der Waals surface area contributed by atoms with E-state index < -0.39 is 9.84 Å². The molecule has 1 aromatic carbocycles. The van der Waals surface area contributed by atoms with Gasteiger partial charge in [0.05, 0.1) is 24.2 Å². The maximum Gasteiger partial charge on any atom is 0.154 e. The molecule has 0 amide bonds. The Kier molecular flexibility index (Phi) is 4.74. The topological polar surface area (TPSA) is 67.2 Å². The van der Waals surface area contributed by atoms with Crippen LogP contribution in [0.2, 0.25) is 0 Å². The van der Waals surface area contributed by atoms with Gasteiger partial charge in [-0.25, -0.2) is 8.42 Å². The SMILES string of the molecule is COc1cc(CS(=O)(=O)CC(C)C)ccc1C#N. The maximum absolute atomic E-state index is 11.9. The molecule has 5 heteroatoms. The lowest BCUT2D eigenvalue weighted by Gasteiger charge is -2.09. The van der Waals surface area contributed by atoms with Crippen LogP contribution in [0.1, 0.15) is 25.0 Å². The van der Waals surface area contributed by atoms with Gasteiger partial charge >= 0.3 is 0 Å². The molecule has 18 heavy (non-hydrogen) atoms. The fourth-order valence-electron chi connectivity index (χ4n) is 1.74. The van der Waals surface area contributed by atoms with Crippen LogP contribution in [0.15, 0.2) is 18.2 Å². The quantitative estimate of drug-likeness (QED) is 0.819. The number of benzene rings is 1. The number of hydrogen-bond donors (Lipinski definition) is 0. The van der Waals surface area contributed by atoms with Crippen molar-refractivity contribution in [3.8, 4) is 11.8 Å². The van der Waals surface area contributed by atoms with E-state index in [1.807, 2.05) is 19.9 Å². The second-order valence-corrected chi connectivity index (χ2v) is 6.70. The lowest BCUT2D eigenvalue weighted by Crippen LogP contribution is -2.13. The Morgan fingerprint density at radius 2 is 2.06 bits per heavy atom. The van der Waals surface area contributed by atoms with Crippen LogP contribution in [0.25, 0.3) is 0 Å². The molecule has 0 bridgehead atoms. The third-order valence-corrected chi connectivity index (χ3v) is 4.31. The van der Waals surface area contributed by atoms with Crippen LogP contribution in [0.3, 0.4) is 0 Å². The fraction of sp³-hybridized carbons (Fsp3) is 0.462. The van der Waals surface area contributed by atoms with Gasteiger partial charge in [0.25, 0.3) is 0 Å². The summed E-state index contributed by atoms with van der Waals surface area (Å²) in [4.78, 5) is 0. The zero-order valence-corrected chi connectivity index (χ0v) is 11.6. The largest absolute Gasteiger partial charge is 0.495 e. The van der Waals surface area contributed by atoms with Crippen LogP contribution < -0.4 is 4.74 Å². The Hall–Kier alpha value is -1.54. The van der Waals surface area contributed by atoms with Gasteiger partial charge in [-0.2, -0.15) is 5.26 Å². The maximum atomic E-state index is 11.9. The molecular weight excluding hydrogens is 250 g/mol. The van der Waals surface area contributed by atoms with Crippen molar-refractivity contribution in [2.45, 2.75) is 19.6 Å². The van der Waals surface area contributed by atoms with Gasteiger partial charge in [-0.3, -0.25) is 0 Å². The molecule has 0 saturated carbocycles. The molecule has 0 aromatic heterocycles. The number of sulfone groups is 1. The second kappa shape index (κ2) is 5.87. The highest BCUT2D eigenvalue weighted by Gasteiger charge is 2.15. The average molecular weight is 267 g/mol. The molecule has 0 aliphatic heterocycles. The van der Waals surface area contributed by atoms with Crippen molar-refractivity contribution in [1.29, 1.82) is 5.26 Å². The molecular formula is C13H17NO3S. The van der Waals surface area contributed by atoms with Gasteiger partial charge in [-0.1, -0.05) is 19.9 Å². The Balaban J connectivity index is 2.96. The molecule has 0 atom stereocenters. The van der Waals surface area contributed by atoms with Crippen LogP contribution in [0.5, 0.6) is 5.75 Å². The van der Waals surface area contributed by atoms with Gasteiger partial charge in [-0.05, 0) is 23.6 Å². The van der Waals surface area contributed by atoms with Gasteiger partial charge in [0.2, 0.25) is 0 Å². The average Bonchev–Trinajstić information content (AvgIpc) is 2.26. The molecule has 0 aliphatic carbocycles. The number of hydrogen-bond acceptors (Lipinski definition) is 4. The van der Waals surface area contributed by atoms with Crippen LogP contribution in [-0.4, -0.2) is 21.3 Å². The van der Waals surface area contributed by atoms with Gasteiger partial charge in [0.15, 0.2) is 9.84 Å². The molecule has 98 valence electrons. The van der Waals surface area contributed by atoms with E-state index in [1.54, 1.807) is 18.2 Å². The minimum Gasteiger partial charge on any atom is -0.495 e. The van der Waals surface area contributed by atoms with Gasteiger partial charge in [-0.15, -0.1) is 0 Å². The lowest BCUT2D eigenvalue weighted by molar-refractivity contribution is 0.413. The molecule has 0 heterocycles. The number of methoxy groups -OCH3 is 1. The summed E-state index contributed by atoms with van der Waals surface area (Å²) >= 11 is 0. The van der Waals surface area contributed by atoms with E-state index in [0.29, 0.717) is 16.9 Å². The highest BCUT2D eigenvalue weighted by atomic mass is 32.2. The Morgan fingerprint density at radius 3 is 2.56 bits per heavy atom. The summed E-state index contributed by atoms with van der Waals surface area (Å²) in [6, 6.07) is 6.84. The first-order chi connectivity index (χ1) is 8.38. The van der Waals surface area contributed by atoms with Crippen molar-refractivity contribution in [2.24, 2.45) is 5.92 Å². The van der Waals surface area contributed by atoms with E-state index in [1.165, 1.54) is 7.11 Å². The minimum atomic E-state index is -3.12. The van der Waals surface area contributed by atoms with Crippen LogP contribution in [-0.2, 0) is 15.6 Å². The third-order valence-electron chi connectivity index (χ3n) is 2.36. The van der Waals surface area contributed by atoms with Crippen LogP contribution >= 0.6 is 0 Å². The molecule has 0 spiro atoms. The molecule has 1 rings (SSSR count). The standard InChI is InChI=1S/C13H17NO3S/c1-10(2)8-18(15,16)9-11-4-5-12(7-14)13(6-11)17-3/h4-6,10H,8-9H2,1-3H3. The van der Waals surface area contributed by atoms with Crippen molar-refractivity contribution in [3.63, 3.8) is 0 Å². The van der Waals surface area contributed by atoms with E-state index in [2.05, 4.69) is 0 Å². The summed E-state index contributed by atoms with van der Waals surface area (Å²) in [7, 11) is -1.66. The first-order valence-electron chi connectivity index (χ1n) is 5.65. The van der Waals surface area contributed by atoms with Crippen molar-refractivity contribution >= 4 is 9.84 Å². The normalized spacial score (nSPS) is 11.3. The molecule has 0 fully saturated rings. The number of ether oxygens (including phenoxy) is 1. The molecule has 0 aliphatic rings. The Labute approximate surface area is 108 Å². The van der Waals surface area contributed by atoms with Gasteiger partial charge < -0.3 is 4.74 Å². The summed E-state index contributed by atoms with van der Waals surface area (Å²) in [6.07, 6.45) is 0. The molecule has 0 unspecified atom stereocenters. The van der Waals surface area contributed by atoms with Crippen molar-refractivity contribution < 1.29 is 13.2 Å². The van der Waals surface area contributed by atoms with E-state index >= 15 is 0 Å². The lowest BCUT2D eigenvalue weighted by atomic mass is 10.1. The summed E-state index contributed by atoms with van der Waals surface area (Å²) in [5.74, 6) is 0.660. The van der Waals surface area contributed by atoms with Gasteiger partial charge in [0, 0.05) is 0 Å². The summed E-state index contributed by atoms with van der Waals surface area (Å²) < 4.78 is 28.8. The van der Waals surface area contributed by atoms with E-state index in [9.17, 15) is 8.42 Å². The molecule has 0 radical (unpaired) electrons. The molecule has 1 aromatic rings. The first-order valence-corrected chi connectivity index (χ1v) is 7.47. The highest BCUT2D eigenvalue weighted by Crippen LogP contribution is 2.21. The summed E-state index contributed by atoms with van der Waals surface area (Å²) in [6.45, 7) is 3.74. The van der Waals surface area contributed by atoms with E-state index in [4.69, 9.17) is 10.00 Å². The summed E-state index contributed by atoms with van der Waals surface area (Å²) in [5.41, 5.74) is 1.05. The van der Waals surface area contributed by atoms with E-state index in [-0.39, 0.29) is 17.4 Å². The monoisotopic (exact) mass is 267 g/mol. The molecule has 4 nitrogen and oxygen atoms in total. The third kappa shape index (κ3) is 4.04. The molecule has 0 saturated heterocycles. The predicted molar refractivity (Wildman–Crippen MR) is 70.0 cm³/mol. The second-order valence-electron chi connectivity index (χ2n) is 4.59. The van der Waals surface area contributed by atoms with Crippen molar-refractivity contribution in [2.75, 3.05) is 12.9 Å². The Morgan fingerprint density at radius 1 is 1.39 bits per heavy atom. The molecule has 0 N–H and O–H groups in total. The van der Waals surface area contributed by atoms with Gasteiger partial charge in [0.1, 0.15) is 11.8 Å². The zero-order chi connectivity index (χ0) is 13.8. The fourth-order valence-corrected chi connectivity index (χ4v) is 3.56. The highest BCUT2D eigenvalue weighted by molar-refractivity contribution is 7.90.